The zero-order valence-electron chi connectivity index (χ0n) is 5.56. The Labute approximate surface area is 69.4 Å². The molecular formula is C6H8Cl2O2. The van der Waals surface area contributed by atoms with Gasteiger partial charge in [-0.05, 0) is 12.8 Å². The molecule has 0 atom stereocenters. The van der Waals surface area contributed by atoms with Gasteiger partial charge in [-0.3, -0.25) is 4.79 Å². The van der Waals surface area contributed by atoms with Gasteiger partial charge in [0.2, 0.25) is 0 Å². The minimum atomic E-state index is -0.682. The van der Waals surface area contributed by atoms with E-state index in [9.17, 15) is 4.79 Å². The smallest absolute Gasteiger partial charge is 0.308 e. The summed E-state index contributed by atoms with van der Waals surface area (Å²) in [6.07, 6.45) is 1.03. The van der Waals surface area contributed by atoms with Crippen molar-refractivity contribution in [2.45, 2.75) is 17.2 Å². The molecule has 0 radical (unpaired) electrons. The van der Waals surface area contributed by atoms with Crippen LogP contribution in [0, 0.1) is 5.92 Å². The number of ether oxygens (including phenoxy) is 1. The van der Waals surface area contributed by atoms with Crippen LogP contribution in [0.15, 0.2) is 0 Å². The molecule has 58 valence electrons. The highest BCUT2D eigenvalue weighted by Gasteiger charge is 2.45. The first-order valence-corrected chi connectivity index (χ1v) is 3.76. The van der Waals surface area contributed by atoms with E-state index in [1.807, 2.05) is 0 Å². The topological polar surface area (TPSA) is 26.3 Å². The monoisotopic (exact) mass is 182 g/mol. The van der Waals surface area contributed by atoms with Crippen molar-refractivity contribution in [2.24, 2.45) is 5.92 Å². The minimum Gasteiger partial charge on any atom is -0.469 e. The van der Waals surface area contributed by atoms with E-state index >= 15 is 0 Å². The van der Waals surface area contributed by atoms with E-state index in [4.69, 9.17) is 23.2 Å². The van der Waals surface area contributed by atoms with Crippen LogP contribution in [0.5, 0.6) is 0 Å². The predicted molar refractivity (Wildman–Crippen MR) is 39.2 cm³/mol. The second-order valence-electron chi connectivity index (χ2n) is 2.48. The lowest BCUT2D eigenvalue weighted by Crippen LogP contribution is -2.38. The Hall–Kier alpha value is 0.0500. The molecule has 1 aliphatic rings. The number of methoxy groups -OCH3 is 1. The molecule has 0 aromatic rings. The van der Waals surface area contributed by atoms with E-state index in [-0.39, 0.29) is 11.9 Å². The molecule has 2 nitrogen and oxygen atoms in total. The fourth-order valence-electron chi connectivity index (χ4n) is 0.995. The number of rotatable bonds is 1. The molecule has 0 aromatic carbocycles. The lowest BCUT2D eigenvalue weighted by Gasteiger charge is -2.35. The second kappa shape index (κ2) is 2.59. The van der Waals surface area contributed by atoms with Crippen molar-refractivity contribution in [1.82, 2.24) is 0 Å². The van der Waals surface area contributed by atoms with Gasteiger partial charge in [0.1, 0.15) is 4.33 Å². The van der Waals surface area contributed by atoms with Crippen molar-refractivity contribution in [1.29, 1.82) is 0 Å². The van der Waals surface area contributed by atoms with Gasteiger partial charge in [0, 0.05) is 0 Å². The Morgan fingerprint density at radius 3 is 2.40 bits per heavy atom. The Kier molecular flexibility index (Phi) is 2.11. The molecule has 0 saturated heterocycles. The summed E-state index contributed by atoms with van der Waals surface area (Å²) in [6, 6.07) is 0. The zero-order valence-corrected chi connectivity index (χ0v) is 7.08. The van der Waals surface area contributed by atoms with E-state index in [2.05, 4.69) is 4.74 Å². The molecule has 0 unspecified atom stereocenters. The summed E-state index contributed by atoms with van der Waals surface area (Å²) >= 11 is 11.3. The third-order valence-electron chi connectivity index (χ3n) is 1.62. The molecule has 0 aromatic heterocycles. The molecule has 0 bridgehead atoms. The summed E-state index contributed by atoms with van der Waals surface area (Å²) in [5, 5.41) is 0. The molecule has 0 aliphatic heterocycles. The fourth-order valence-corrected chi connectivity index (χ4v) is 1.74. The third-order valence-corrected chi connectivity index (χ3v) is 2.24. The number of hydrogen-bond acceptors (Lipinski definition) is 2. The highest BCUT2D eigenvalue weighted by atomic mass is 35.5. The van der Waals surface area contributed by atoms with E-state index < -0.39 is 4.33 Å². The molecule has 1 saturated carbocycles. The molecule has 4 heteroatoms. The lowest BCUT2D eigenvalue weighted by atomic mass is 9.84. The van der Waals surface area contributed by atoms with Crippen LogP contribution in [0.2, 0.25) is 0 Å². The third kappa shape index (κ3) is 1.55. The van der Waals surface area contributed by atoms with E-state index in [1.165, 1.54) is 7.11 Å². The average Bonchev–Trinajstić information content (AvgIpc) is 1.81. The molecule has 0 amide bonds. The fraction of sp³-hybridized carbons (Fsp3) is 0.833. The molecule has 1 fully saturated rings. The molecule has 1 rings (SSSR count). The van der Waals surface area contributed by atoms with E-state index in [0.29, 0.717) is 12.8 Å². The average molecular weight is 183 g/mol. The largest absolute Gasteiger partial charge is 0.469 e. The maximum absolute atomic E-state index is 10.7. The van der Waals surface area contributed by atoms with Crippen molar-refractivity contribution in [3.63, 3.8) is 0 Å². The molecule has 1 aliphatic carbocycles. The zero-order chi connectivity index (χ0) is 7.78. The Balaban J connectivity index is 2.33. The second-order valence-corrected chi connectivity index (χ2v) is 4.12. The van der Waals surface area contributed by atoms with Crippen LogP contribution >= 0.6 is 23.2 Å². The summed E-state index contributed by atoms with van der Waals surface area (Å²) in [6.45, 7) is 0. The van der Waals surface area contributed by atoms with Crippen LogP contribution < -0.4 is 0 Å². The molecule has 0 spiro atoms. The Morgan fingerprint density at radius 1 is 1.60 bits per heavy atom. The molecule has 0 heterocycles. The van der Waals surface area contributed by atoms with E-state index in [1.54, 1.807) is 0 Å². The Bertz CT molecular complexity index is 148. The van der Waals surface area contributed by atoms with Crippen molar-refractivity contribution in [2.75, 3.05) is 7.11 Å². The number of alkyl halides is 2. The normalized spacial score (nSPS) is 23.5. The standard InChI is InChI=1S/C6H8Cl2O2/c1-10-5(9)4-2-6(7,8)3-4/h4H,2-3H2,1H3. The van der Waals surface area contributed by atoms with Gasteiger partial charge in [0.15, 0.2) is 0 Å². The predicted octanol–water partition coefficient (Wildman–Crippen LogP) is 1.74. The first kappa shape index (κ1) is 8.15. The molecular weight excluding hydrogens is 175 g/mol. The summed E-state index contributed by atoms with van der Waals surface area (Å²) in [5.41, 5.74) is 0. The minimum absolute atomic E-state index is 0.0833. The van der Waals surface area contributed by atoms with Crippen LogP contribution in [-0.4, -0.2) is 17.4 Å². The van der Waals surface area contributed by atoms with Crippen LogP contribution in [0.3, 0.4) is 0 Å². The highest BCUT2D eigenvalue weighted by Crippen LogP contribution is 2.46. The van der Waals surface area contributed by atoms with Crippen molar-refractivity contribution in [3.8, 4) is 0 Å². The summed E-state index contributed by atoms with van der Waals surface area (Å²) in [5.74, 6) is -0.295. The van der Waals surface area contributed by atoms with Crippen molar-refractivity contribution in [3.05, 3.63) is 0 Å². The maximum atomic E-state index is 10.7. The number of hydrogen-bond donors (Lipinski definition) is 0. The Morgan fingerprint density at radius 2 is 2.10 bits per heavy atom. The SMILES string of the molecule is COC(=O)C1CC(Cl)(Cl)C1. The van der Waals surface area contributed by atoms with Gasteiger partial charge in [-0.25, -0.2) is 0 Å². The van der Waals surface area contributed by atoms with Crippen LogP contribution in [0.1, 0.15) is 12.8 Å². The van der Waals surface area contributed by atoms with E-state index in [0.717, 1.165) is 0 Å². The molecule has 0 N–H and O–H groups in total. The number of halogens is 2. The summed E-state index contributed by atoms with van der Waals surface area (Å²) in [7, 11) is 1.37. The number of esters is 1. The number of carbonyl (C=O) groups excluding carboxylic acids is 1. The van der Waals surface area contributed by atoms with Crippen LogP contribution in [-0.2, 0) is 9.53 Å². The summed E-state index contributed by atoms with van der Waals surface area (Å²) in [4.78, 5) is 10.7. The first-order valence-electron chi connectivity index (χ1n) is 3.01. The highest BCUT2D eigenvalue weighted by molar-refractivity contribution is 6.49. The first-order chi connectivity index (χ1) is 4.55. The molecule has 10 heavy (non-hydrogen) atoms. The van der Waals surface area contributed by atoms with Gasteiger partial charge in [-0.1, -0.05) is 0 Å². The van der Waals surface area contributed by atoms with Crippen LogP contribution in [0.4, 0.5) is 0 Å². The van der Waals surface area contributed by atoms with Gasteiger partial charge in [-0.2, -0.15) is 0 Å². The van der Waals surface area contributed by atoms with Crippen LogP contribution in [0.25, 0.3) is 0 Å². The van der Waals surface area contributed by atoms with Gasteiger partial charge < -0.3 is 4.74 Å². The van der Waals surface area contributed by atoms with Crippen molar-refractivity contribution < 1.29 is 9.53 Å². The lowest BCUT2D eigenvalue weighted by molar-refractivity contribution is -0.148. The quantitative estimate of drug-likeness (QED) is 0.457. The maximum Gasteiger partial charge on any atom is 0.308 e. The van der Waals surface area contributed by atoms with Gasteiger partial charge >= 0.3 is 5.97 Å². The number of carbonyl (C=O) groups is 1. The summed E-state index contributed by atoms with van der Waals surface area (Å²) < 4.78 is 3.81. The van der Waals surface area contributed by atoms with Crippen molar-refractivity contribution >= 4 is 29.2 Å². The van der Waals surface area contributed by atoms with Gasteiger partial charge in [-0.15, -0.1) is 23.2 Å². The van der Waals surface area contributed by atoms with Gasteiger partial charge in [0.05, 0.1) is 13.0 Å². The van der Waals surface area contributed by atoms with Gasteiger partial charge in [0.25, 0.3) is 0 Å².